The summed E-state index contributed by atoms with van der Waals surface area (Å²) < 4.78 is 7.42. The second-order valence-electron chi connectivity index (χ2n) is 31.4. The third-order valence-electron chi connectivity index (χ3n) is 18.1. The Balaban J connectivity index is 0.000000627. The zero-order chi connectivity index (χ0) is 72.9. The number of alkyl halides is 1. The molecule has 104 heavy (non-hydrogen) atoms. The molecule has 0 radical (unpaired) electrons. The predicted octanol–water partition coefficient (Wildman–Crippen LogP) is 16.3. The number of halogens is 3. The third-order valence-corrected chi connectivity index (χ3v) is 19.4. The fourth-order valence-electron chi connectivity index (χ4n) is 12.2. The van der Waals surface area contributed by atoms with Crippen molar-refractivity contribution < 1.29 is 132 Å². The van der Waals surface area contributed by atoms with Crippen molar-refractivity contribution in [1.29, 1.82) is 0 Å². The summed E-state index contributed by atoms with van der Waals surface area (Å²) in [6, 6.07) is 41.3. The van der Waals surface area contributed by atoms with Crippen molar-refractivity contribution in [3.8, 4) is 17.8 Å². The summed E-state index contributed by atoms with van der Waals surface area (Å²) in [4.78, 5) is 41.9. The van der Waals surface area contributed by atoms with Crippen LogP contribution in [-0.4, -0.2) is 68.0 Å². The summed E-state index contributed by atoms with van der Waals surface area (Å²) in [7, 11) is 0. The first-order valence-electron chi connectivity index (χ1n) is 33.4. The van der Waals surface area contributed by atoms with Crippen molar-refractivity contribution in [3.05, 3.63) is 184 Å². The topological polar surface area (TPSA) is 194 Å². The van der Waals surface area contributed by atoms with Crippen molar-refractivity contribution in [1.82, 2.24) is 43.6 Å². The summed E-state index contributed by atoms with van der Waals surface area (Å²) >= 11 is 13.8. The average Bonchev–Trinajstić information content (AvgIpc) is 1.60. The van der Waals surface area contributed by atoms with E-state index in [1.807, 2.05) is 30.6 Å². The molecule has 1 fully saturated rings. The Morgan fingerprint density at radius 2 is 0.615 bits per heavy atom. The summed E-state index contributed by atoms with van der Waals surface area (Å²) in [6.07, 6.45) is 16.0. The minimum absolute atomic E-state index is 0. The van der Waals surface area contributed by atoms with Gasteiger partial charge in [-0.2, -0.15) is 0 Å². The van der Waals surface area contributed by atoms with Gasteiger partial charge < -0.3 is 23.0 Å². The molecular weight excluding hydrogens is 1660 g/mol. The van der Waals surface area contributed by atoms with Gasteiger partial charge in [0.2, 0.25) is 17.8 Å². The van der Waals surface area contributed by atoms with E-state index in [1.54, 1.807) is 44.5 Å². The largest absolute Gasteiger partial charge is 1.00 e. The fraction of sp³-hybridized carbons (Fsp3) is 0.410. The molecule has 0 spiro atoms. The maximum atomic E-state index is 8.64. The Morgan fingerprint density at radius 3 is 0.779 bits per heavy atom. The Morgan fingerprint density at radius 1 is 0.433 bits per heavy atom. The number of hydrogen-bond acceptors (Lipinski definition) is 12. The Labute approximate surface area is 747 Å². The molecule has 14 nitrogen and oxygen atoms in total. The first-order chi connectivity index (χ1) is 46.5. The second-order valence-corrected chi connectivity index (χ2v) is 33.5. The van der Waals surface area contributed by atoms with E-state index in [-0.39, 0.29) is 178 Å². The molecule has 0 amide bonds. The minimum atomic E-state index is -0.181. The number of benzene rings is 6. The molecule has 0 bridgehead atoms. The standard InChI is InChI=1S/C48H52N6S.C24H26BrN3.C6H14N2.CH3Br.CH2O3.3CH4.Cu.HI.2K.H/c1-45(2,3)29-13-17-39-35(21-29)36-22-30(46(4,5)6)14-18-40(36)53(39)43-49-25-33(26-50-43)55-34-27-51-44(52-28-34)54-41-19-15-31(47(7,8)9)23-37(41)38-24-32(48(10,11)12)16-20-42(38)54;1-23(2,3)15-7-9-20-18(11-15)19-12-16(24(4,5)6)8-10-21(19)28(20)22-26-13-17(25)14-27-22;7-5-3-1-2-4-6(5)8;1-2;2-1-4-3;;;;;;;;/h13-28H,1-12H3;7-14H,1-6H3;5-6H,1-4,7-8H2;1H3;1,3H;3*1H4;;1H;;;/q;;;;;;;;+1;;2*+1;-1/p-2/t;;5-,6-;;;;;;;;;;/m..1........../s1. The molecule has 1 aliphatic carbocycles. The summed E-state index contributed by atoms with van der Waals surface area (Å²) in [6.45, 7) is 40.5. The van der Waals surface area contributed by atoms with Gasteiger partial charge in [0.25, 0.3) is 6.47 Å². The molecular formula is C83H109Br2CuIK2N11O3S. The molecule has 0 unspecified atom stereocenters. The molecule has 4 N–H and O–H groups in total. The number of aromatic nitrogens is 9. The van der Waals surface area contributed by atoms with E-state index in [0.717, 1.165) is 60.2 Å². The molecule has 12 aromatic rings. The molecule has 6 heterocycles. The Kier molecular flexibility index (Phi) is 36.5. The van der Waals surface area contributed by atoms with Gasteiger partial charge in [0.05, 0.1) is 37.6 Å². The molecule has 21 heteroatoms. The van der Waals surface area contributed by atoms with E-state index in [4.69, 9.17) is 41.5 Å². The summed E-state index contributed by atoms with van der Waals surface area (Å²) in [5, 5.41) is 15.8. The molecule has 0 aliphatic heterocycles. The second kappa shape index (κ2) is 39.9. The number of carbonyl (C=O) groups excluding carboxylic acids is 1. The van der Waals surface area contributed by atoms with Crippen LogP contribution in [0.25, 0.3) is 83.3 Å². The molecule has 6 aromatic carbocycles. The van der Waals surface area contributed by atoms with Crippen molar-refractivity contribution in [2.45, 2.75) is 227 Å². The molecule has 2 atom stereocenters. The van der Waals surface area contributed by atoms with Crippen LogP contribution in [0.3, 0.4) is 0 Å². The van der Waals surface area contributed by atoms with Gasteiger partial charge in [-0.15, -0.1) is 0 Å². The Hall–Kier alpha value is -2.86. The first-order valence-corrected chi connectivity index (χ1v) is 39.6. The molecule has 1 saturated carbocycles. The molecule has 13 rings (SSSR count). The maximum Gasteiger partial charge on any atom is 1.00 e. The van der Waals surface area contributed by atoms with E-state index < -0.39 is 0 Å². The fourth-order valence-corrected chi connectivity index (χ4v) is 13.1. The molecule has 6 aromatic heterocycles. The summed E-state index contributed by atoms with van der Waals surface area (Å²) in [5.41, 5.74) is 26.2. The first kappa shape index (κ1) is 95.3. The third kappa shape index (κ3) is 22.7. The number of nitrogens with zero attached hydrogens (tertiary/aromatic N) is 9. The van der Waals surface area contributed by atoms with Crippen LogP contribution in [0, 0.1) is 0 Å². The van der Waals surface area contributed by atoms with Gasteiger partial charge in [0.15, 0.2) is 0 Å². The normalized spacial score (nSPS) is 13.8. The van der Waals surface area contributed by atoms with E-state index in [2.05, 4.69) is 307 Å². The monoisotopic (exact) mass is 1770 g/mol. The van der Waals surface area contributed by atoms with E-state index in [0.29, 0.717) is 17.8 Å². The molecule has 0 saturated heterocycles. The summed E-state index contributed by atoms with van der Waals surface area (Å²) in [5.74, 6) is 3.81. The van der Waals surface area contributed by atoms with Crippen molar-refractivity contribution in [3.63, 3.8) is 0 Å². The van der Waals surface area contributed by atoms with Gasteiger partial charge in [-0.25, -0.2) is 29.9 Å². The van der Waals surface area contributed by atoms with Gasteiger partial charge in [0.1, 0.15) is 0 Å². The van der Waals surface area contributed by atoms with E-state index >= 15 is 0 Å². The zero-order valence-electron chi connectivity index (χ0n) is 63.7. The van der Waals surface area contributed by atoms with Gasteiger partial charge >= 0.3 is 136 Å². The van der Waals surface area contributed by atoms with E-state index in [1.165, 1.54) is 78.5 Å². The van der Waals surface area contributed by atoms with Crippen LogP contribution in [0.5, 0.6) is 0 Å². The van der Waals surface area contributed by atoms with Crippen molar-refractivity contribution in [2.24, 2.45) is 11.5 Å². The van der Waals surface area contributed by atoms with Crippen LogP contribution in [0.2, 0.25) is 0 Å². The molecule has 554 valence electrons. The van der Waals surface area contributed by atoms with Crippen LogP contribution in [0.15, 0.2) is 161 Å². The SMILES string of the molecule is C.C.C.CBr.CC(C)(C)c1ccc2c(c1)c1cc(C(C)(C)C)ccc1n2-c1ncc(Br)cn1.CC(C)(C)c1ccc2c(c1)c1cc(C(C)(C)C)ccc1n2-c1ncc(Sc2cnc(-n3c4ccc(C(C)(C)C)cc4c4cc(C(C)(C)C)ccc43)nc2)cn1.N[C@@H]1CCCC[C@H]1N.O=CO[O-].[Cu][I].[H-].[K+].[K+]. The Bertz CT molecular complexity index is 4370. The van der Waals surface area contributed by atoms with Crippen LogP contribution >= 0.6 is 64.0 Å². The number of hydrogen-bond donors (Lipinski definition) is 2. The van der Waals surface area contributed by atoms with Gasteiger partial charge in [0, 0.05) is 91.4 Å². The van der Waals surface area contributed by atoms with E-state index in [9.17, 15) is 0 Å². The van der Waals surface area contributed by atoms with Crippen LogP contribution in [0.1, 0.15) is 207 Å². The smallest absolute Gasteiger partial charge is 1.00 e. The van der Waals surface area contributed by atoms with Crippen LogP contribution in [0.4, 0.5) is 0 Å². The van der Waals surface area contributed by atoms with Gasteiger partial charge in [-0.1, -0.05) is 224 Å². The van der Waals surface area contributed by atoms with Gasteiger partial charge in [-0.3, -0.25) is 18.5 Å². The number of rotatable bonds is 6. The quantitative estimate of drug-likeness (QED) is 0.0400. The minimum Gasteiger partial charge on any atom is -1.00 e. The molecule has 1 aliphatic rings. The maximum absolute atomic E-state index is 8.64. The van der Waals surface area contributed by atoms with Crippen LogP contribution in [-0.2, 0) is 54.9 Å². The number of fused-ring (bicyclic) bond motifs is 9. The van der Waals surface area contributed by atoms with Gasteiger partial charge in [-0.05, 0) is 173 Å². The van der Waals surface area contributed by atoms with Crippen molar-refractivity contribution >= 4 is 136 Å². The zero-order valence-corrected chi connectivity index (χ0v) is 76.0. The number of nitrogens with two attached hydrogens (primary N) is 2. The van der Waals surface area contributed by atoms with Crippen molar-refractivity contribution in [2.75, 3.05) is 5.83 Å². The number of carbonyl (C=O) groups is 1. The average molecular weight is 1770 g/mol. The predicted molar refractivity (Wildman–Crippen MR) is 445 cm³/mol. The van der Waals surface area contributed by atoms with Crippen LogP contribution < -0.4 is 119 Å².